The molecule has 0 spiro atoms. The quantitative estimate of drug-likeness (QED) is 0.662. The van der Waals surface area contributed by atoms with Crippen molar-refractivity contribution in [2.24, 2.45) is 0 Å². The fourth-order valence-electron chi connectivity index (χ4n) is 4.54. The van der Waals surface area contributed by atoms with Crippen LogP contribution in [-0.2, 0) is 4.79 Å². The molecule has 1 aliphatic heterocycles. The SMILES string of the molecule is Cc1ccc(C(=O)N2c3ccccc3NC3=C(C(=O)CCC3)C2c2ccccc2)cc1.[Cl-]. The molecule has 0 aromatic heterocycles. The van der Waals surface area contributed by atoms with Gasteiger partial charge in [0.05, 0.1) is 17.4 Å². The molecule has 1 N–H and O–H groups in total. The highest BCUT2D eigenvalue weighted by molar-refractivity contribution is 6.11. The molecule has 0 saturated heterocycles. The maximum absolute atomic E-state index is 14.0. The van der Waals surface area contributed by atoms with Crippen LogP contribution in [0.15, 0.2) is 90.1 Å². The fourth-order valence-corrected chi connectivity index (χ4v) is 4.54. The molecule has 32 heavy (non-hydrogen) atoms. The number of allylic oxidation sites excluding steroid dienone is 1. The van der Waals surface area contributed by atoms with Crippen LogP contribution in [0.2, 0.25) is 0 Å². The maximum Gasteiger partial charge on any atom is 0.259 e. The third-order valence-corrected chi connectivity index (χ3v) is 6.07. The van der Waals surface area contributed by atoms with E-state index in [9.17, 15) is 9.59 Å². The molecule has 1 aliphatic carbocycles. The van der Waals surface area contributed by atoms with Crippen molar-refractivity contribution < 1.29 is 22.0 Å². The van der Waals surface area contributed by atoms with E-state index in [0.29, 0.717) is 17.6 Å². The Labute approximate surface area is 194 Å². The van der Waals surface area contributed by atoms with Crippen molar-refractivity contribution in [3.05, 3.63) is 107 Å². The van der Waals surface area contributed by atoms with Crippen LogP contribution in [-0.4, -0.2) is 11.7 Å². The third kappa shape index (κ3) is 3.82. The van der Waals surface area contributed by atoms with Crippen molar-refractivity contribution in [3.63, 3.8) is 0 Å². The summed E-state index contributed by atoms with van der Waals surface area (Å²) in [4.78, 5) is 29.0. The number of nitrogens with one attached hydrogen (secondary N) is 1. The van der Waals surface area contributed by atoms with Crippen LogP contribution in [0.5, 0.6) is 0 Å². The number of hydrogen-bond acceptors (Lipinski definition) is 3. The number of halogens is 1. The highest BCUT2D eigenvalue weighted by atomic mass is 35.5. The normalized spacial score (nSPS) is 17.5. The van der Waals surface area contributed by atoms with E-state index in [2.05, 4.69) is 5.32 Å². The van der Waals surface area contributed by atoms with Crippen molar-refractivity contribution in [2.45, 2.75) is 32.2 Å². The van der Waals surface area contributed by atoms with Gasteiger partial charge in [0.2, 0.25) is 0 Å². The summed E-state index contributed by atoms with van der Waals surface area (Å²) < 4.78 is 0. The van der Waals surface area contributed by atoms with E-state index in [1.807, 2.05) is 85.8 Å². The minimum atomic E-state index is -0.478. The number of rotatable bonds is 2. The maximum atomic E-state index is 14.0. The van der Waals surface area contributed by atoms with Crippen molar-refractivity contribution >= 4 is 23.1 Å². The van der Waals surface area contributed by atoms with Gasteiger partial charge in [0.15, 0.2) is 5.78 Å². The number of ketones is 1. The highest BCUT2D eigenvalue weighted by Gasteiger charge is 2.39. The van der Waals surface area contributed by atoms with E-state index >= 15 is 0 Å². The van der Waals surface area contributed by atoms with Gasteiger partial charge in [-0.05, 0) is 49.6 Å². The number of Topliss-reactive ketones (excluding diaryl/α,β-unsaturated/α-hetero) is 1. The van der Waals surface area contributed by atoms with Crippen molar-refractivity contribution in [1.29, 1.82) is 0 Å². The number of carbonyl (C=O) groups is 2. The van der Waals surface area contributed by atoms with Crippen molar-refractivity contribution in [3.8, 4) is 0 Å². The Kier molecular flexibility index (Phi) is 6.15. The first kappa shape index (κ1) is 21.8. The largest absolute Gasteiger partial charge is 1.00 e. The predicted molar refractivity (Wildman–Crippen MR) is 123 cm³/mol. The summed E-state index contributed by atoms with van der Waals surface area (Å²) in [5.41, 5.74) is 5.90. The fraction of sp³-hybridized carbons (Fsp3) is 0.185. The Morgan fingerprint density at radius 3 is 2.34 bits per heavy atom. The van der Waals surface area contributed by atoms with Gasteiger partial charge in [-0.3, -0.25) is 14.5 Å². The van der Waals surface area contributed by atoms with Crippen LogP contribution in [0.4, 0.5) is 11.4 Å². The summed E-state index contributed by atoms with van der Waals surface area (Å²) in [5, 5.41) is 3.50. The minimum absolute atomic E-state index is 0. The lowest BCUT2D eigenvalue weighted by Crippen LogP contribution is -3.00. The first-order valence-electron chi connectivity index (χ1n) is 10.7. The number of para-hydroxylation sites is 2. The number of amides is 1. The Bertz CT molecular complexity index is 1190. The molecule has 0 saturated carbocycles. The van der Waals surface area contributed by atoms with E-state index in [1.54, 1.807) is 4.90 Å². The zero-order valence-corrected chi connectivity index (χ0v) is 18.6. The molecule has 5 rings (SSSR count). The number of benzene rings is 3. The first-order chi connectivity index (χ1) is 15.1. The monoisotopic (exact) mass is 443 g/mol. The second-order valence-electron chi connectivity index (χ2n) is 8.17. The lowest BCUT2D eigenvalue weighted by atomic mass is 9.85. The van der Waals surface area contributed by atoms with Gasteiger partial charge < -0.3 is 17.7 Å². The van der Waals surface area contributed by atoms with Gasteiger partial charge in [0.25, 0.3) is 5.91 Å². The van der Waals surface area contributed by atoms with Gasteiger partial charge >= 0.3 is 0 Å². The van der Waals surface area contributed by atoms with E-state index in [4.69, 9.17) is 0 Å². The van der Waals surface area contributed by atoms with Crippen LogP contribution in [0.25, 0.3) is 0 Å². The van der Waals surface area contributed by atoms with Crippen LogP contribution in [0, 0.1) is 6.92 Å². The van der Waals surface area contributed by atoms with Crippen LogP contribution >= 0.6 is 0 Å². The molecule has 4 nitrogen and oxygen atoms in total. The number of hydrogen-bond donors (Lipinski definition) is 1. The molecule has 1 unspecified atom stereocenters. The molecule has 2 aliphatic rings. The molecule has 3 aromatic rings. The van der Waals surface area contributed by atoms with Crippen molar-refractivity contribution in [1.82, 2.24) is 0 Å². The molecule has 1 atom stereocenters. The van der Waals surface area contributed by atoms with E-state index in [0.717, 1.165) is 41.0 Å². The van der Waals surface area contributed by atoms with Gasteiger partial charge in [-0.1, -0.05) is 60.2 Å². The molecule has 3 aromatic carbocycles. The Hall–Kier alpha value is -3.37. The lowest BCUT2D eigenvalue weighted by Gasteiger charge is -2.34. The summed E-state index contributed by atoms with van der Waals surface area (Å²) in [6, 6.07) is 24.8. The molecule has 162 valence electrons. The number of anilines is 2. The Morgan fingerprint density at radius 2 is 1.59 bits per heavy atom. The topological polar surface area (TPSA) is 49.4 Å². The van der Waals surface area contributed by atoms with Gasteiger partial charge in [-0.25, -0.2) is 0 Å². The molecule has 0 fully saturated rings. The Balaban J connectivity index is 0.00000245. The number of aryl methyl sites for hydroxylation is 1. The number of carbonyl (C=O) groups excluding carboxylic acids is 2. The summed E-state index contributed by atoms with van der Waals surface area (Å²) in [7, 11) is 0. The average molecular weight is 444 g/mol. The van der Waals surface area contributed by atoms with Crippen LogP contribution < -0.4 is 22.6 Å². The molecular formula is C27H24ClN2O2-. The number of nitrogens with zero attached hydrogens (tertiary/aromatic N) is 1. The predicted octanol–water partition coefficient (Wildman–Crippen LogP) is 2.82. The molecule has 0 radical (unpaired) electrons. The zero-order chi connectivity index (χ0) is 21.4. The second kappa shape index (κ2) is 9.01. The summed E-state index contributed by atoms with van der Waals surface area (Å²) in [6.07, 6.45) is 2.12. The van der Waals surface area contributed by atoms with E-state index in [1.165, 1.54) is 0 Å². The van der Waals surface area contributed by atoms with Crippen LogP contribution in [0.1, 0.15) is 46.8 Å². The van der Waals surface area contributed by atoms with Crippen LogP contribution in [0.3, 0.4) is 0 Å². The lowest BCUT2D eigenvalue weighted by molar-refractivity contribution is -0.116. The molecule has 5 heteroatoms. The second-order valence-corrected chi connectivity index (χ2v) is 8.17. The van der Waals surface area contributed by atoms with Crippen molar-refractivity contribution in [2.75, 3.05) is 10.2 Å². The van der Waals surface area contributed by atoms with Gasteiger partial charge in [0, 0.05) is 23.3 Å². The standard InChI is InChI=1S/C27H24N2O2.ClH/c1-18-14-16-20(17-15-18)27(31)29-23-12-6-5-10-21(23)28-22-11-7-13-24(30)25(22)26(29)19-8-3-2-4-9-19;/h2-6,8-10,12,14-17,26,28H,7,11,13H2,1H3;1H/p-1. The zero-order valence-electron chi connectivity index (χ0n) is 17.8. The summed E-state index contributed by atoms with van der Waals surface area (Å²) in [6.45, 7) is 2.00. The highest BCUT2D eigenvalue weighted by Crippen LogP contribution is 2.45. The number of fused-ring (bicyclic) bond motifs is 1. The van der Waals surface area contributed by atoms with Gasteiger partial charge in [0.1, 0.15) is 0 Å². The van der Waals surface area contributed by atoms with E-state index < -0.39 is 6.04 Å². The molecular weight excluding hydrogens is 420 g/mol. The molecule has 1 amide bonds. The molecule has 0 bridgehead atoms. The third-order valence-electron chi connectivity index (χ3n) is 6.07. The van der Waals surface area contributed by atoms with E-state index in [-0.39, 0.29) is 24.1 Å². The Morgan fingerprint density at radius 1 is 0.906 bits per heavy atom. The average Bonchev–Trinajstić information content (AvgIpc) is 2.95. The first-order valence-corrected chi connectivity index (χ1v) is 10.7. The van der Waals surface area contributed by atoms with Gasteiger partial charge in [-0.2, -0.15) is 0 Å². The van der Waals surface area contributed by atoms with Gasteiger partial charge in [-0.15, -0.1) is 0 Å². The molecule has 1 heterocycles. The summed E-state index contributed by atoms with van der Waals surface area (Å²) in [5.74, 6) is -0.00709. The smallest absolute Gasteiger partial charge is 0.259 e. The summed E-state index contributed by atoms with van der Waals surface area (Å²) >= 11 is 0. The minimum Gasteiger partial charge on any atom is -1.00 e.